The lowest BCUT2D eigenvalue weighted by Crippen LogP contribution is -2.45. The maximum atomic E-state index is 12.6. The van der Waals surface area contributed by atoms with Crippen LogP contribution in [0.3, 0.4) is 0 Å². The largest absolute Gasteiger partial charge is 0.466 e. The van der Waals surface area contributed by atoms with Crippen LogP contribution in [0.2, 0.25) is 0 Å². The number of aliphatic hydroxyl groups excluding tert-OH is 2. The lowest BCUT2D eigenvalue weighted by molar-refractivity contribution is -0.143. The number of esters is 1. The van der Waals surface area contributed by atoms with Crippen LogP contribution >= 0.6 is 0 Å². The van der Waals surface area contributed by atoms with Gasteiger partial charge in [0, 0.05) is 12.8 Å². The number of rotatable bonds is 73. The van der Waals surface area contributed by atoms with E-state index in [0.717, 1.165) is 44.9 Å². The number of aliphatic hydroxyl groups is 2. The molecule has 494 valence electrons. The molecule has 0 aliphatic carbocycles. The van der Waals surface area contributed by atoms with Gasteiger partial charge in [-0.1, -0.05) is 392 Å². The fourth-order valence-electron chi connectivity index (χ4n) is 12.5. The number of unbranched alkanes of at least 4 members (excludes halogenated alkanes) is 60. The molecule has 0 aliphatic heterocycles. The molecule has 6 heteroatoms. The van der Waals surface area contributed by atoms with E-state index in [2.05, 4.69) is 31.3 Å². The lowest BCUT2D eigenvalue weighted by atomic mass is 10.0. The molecule has 0 rings (SSSR count). The van der Waals surface area contributed by atoms with Crippen LogP contribution in [-0.2, 0) is 14.3 Å². The molecule has 0 radical (unpaired) electrons. The lowest BCUT2D eigenvalue weighted by Gasteiger charge is -2.22. The molecule has 0 saturated heterocycles. The summed E-state index contributed by atoms with van der Waals surface area (Å²) >= 11 is 0. The van der Waals surface area contributed by atoms with Crippen molar-refractivity contribution >= 4 is 11.9 Å². The van der Waals surface area contributed by atoms with E-state index in [-0.39, 0.29) is 18.5 Å². The van der Waals surface area contributed by atoms with Crippen molar-refractivity contribution in [2.75, 3.05) is 13.2 Å². The second kappa shape index (κ2) is 73.1. The van der Waals surface area contributed by atoms with Gasteiger partial charge in [-0.15, -0.1) is 0 Å². The summed E-state index contributed by atoms with van der Waals surface area (Å²) in [6, 6.07) is -0.539. The van der Waals surface area contributed by atoms with Crippen molar-refractivity contribution in [3.8, 4) is 0 Å². The molecule has 83 heavy (non-hydrogen) atoms. The molecule has 2 atom stereocenters. The number of hydrogen-bond acceptors (Lipinski definition) is 5. The highest BCUT2D eigenvalue weighted by molar-refractivity contribution is 5.76. The number of allylic oxidation sites excluding steroid dienone is 2. The minimum atomic E-state index is -0.662. The first-order chi connectivity index (χ1) is 41.0. The zero-order valence-corrected chi connectivity index (χ0v) is 56.7. The molecule has 1 amide bonds. The summed E-state index contributed by atoms with van der Waals surface area (Å²) in [4.78, 5) is 24.6. The molecule has 0 fully saturated rings. The average molecular weight is 1170 g/mol. The van der Waals surface area contributed by atoms with Crippen molar-refractivity contribution in [2.24, 2.45) is 0 Å². The third-order valence-electron chi connectivity index (χ3n) is 18.3. The van der Waals surface area contributed by atoms with Crippen molar-refractivity contribution < 1.29 is 24.5 Å². The van der Waals surface area contributed by atoms with Gasteiger partial charge in [-0.2, -0.15) is 0 Å². The van der Waals surface area contributed by atoms with E-state index in [1.807, 2.05) is 0 Å². The quantitative estimate of drug-likeness (QED) is 0.0320. The Hall–Kier alpha value is -1.40. The summed E-state index contributed by atoms with van der Waals surface area (Å²) in [5.41, 5.74) is 0. The molecule has 0 heterocycles. The Kier molecular flexibility index (Phi) is 71.8. The molecular formula is C77H151NO5. The molecule has 2 unspecified atom stereocenters. The van der Waals surface area contributed by atoms with Crippen LogP contribution in [-0.4, -0.2) is 47.4 Å². The molecule has 0 saturated carbocycles. The monoisotopic (exact) mass is 1170 g/mol. The Balaban J connectivity index is 3.34. The normalized spacial score (nSPS) is 12.5. The Morgan fingerprint density at radius 2 is 0.566 bits per heavy atom. The predicted octanol–water partition coefficient (Wildman–Crippen LogP) is 25.1. The minimum absolute atomic E-state index is 0.0120. The van der Waals surface area contributed by atoms with Crippen LogP contribution in [0.25, 0.3) is 0 Å². The van der Waals surface area contributed by atoms with Gasteiger partial charge in [0.25, 0.3) is 0 Å². The summed E-state index contributed by atoms with van der Waals surface area (Å²) in [6.45, 7) is 4.99. The zero-order valence-electron chi connectivity index (χ0n) is 56.7. The highest BCUT2D eigenvalue weighted by atomic mass is 16.5. The number of carbonyl (C=O) groups is 2. The van der Waals surface area contributed by atoms with Crippen LogP contribution in [0.4, 0.5) is 0 Å². The maximum Gasteiger partial charge on any atom is 0.305 e. The van der Waals surface area contributed by atoms with Crippen LogP contribution in [0, 0.1) is 0 Å². The average Bonchev–Trinajstić information content (AvgIpc) is 3.48. The summed E-state index contributed by atoms with van der Waals surface area (Å²) in [6.07, 6.45) is 91.5. The first kappa shape index (κ1) is 81.6. The Bertz CT molecular complexity index is 1260. The molecule has 0 aliphatic rings. The molecule has 0 aromatic rings. The first-order valence-electron chi connectivity index (χ1n) is 38.4. The van der Waals surface area contributed by atoms with E-state index in [4.69, 9.17) is 4.74 Å². The van der Waals surface area contributed by atoms with Crippen LogP contribution in [0.5, 0.6) is 0 Å². The van der Waals surface area contributed by atoms with Crippen LogP contribution in [0.1, 0.15) is 444 Å². The third-order valence-corrected chi connectivity index (χ3v) is 18.3. The SMILES string of the molecule is CCCCCC/C=C\CCCCCCCC(=O)OCCCCCCCCCCCCCCCCCCCCCCCCCCCCCCCCC(=O)NC(CO)C(O)CCCCCCCCCCCCCCCCCCCCCCCCC. The summed E-state index contributed by atoms with van der Waals surface area (Å²) in [5, 5.41) is 23.5. The Morgan fingerprint density at radius 3 is 0.867 bits per heavy atom. The topological polar surface area (TPSA) is 95.9 Å². The molecule has 3 N–H and O–H groups in total. The molecule has 6 nitrogen and oxygen atoms in total. The van der Waals surface area contributed by atoms with Crippen molar-refractivity contribution in [3.05, 3.63) is 12.2 Å². The van der Waals surface area contributed by atoms with Crippen LogP contribution < -0.4 is 5.32 Å². The van der Waals surface area contributed by atoms with Crippen molar-refractivity contribution in [2.45, 2.75) is 456 Å². The van der Waals surface area contributed by atoms with Crippen LogP contribution in [0.15, 0.2) is 12.2 Å². The number of nitrogens with one attached hydrogen (secondary N) is 1. The summed E-state index contributed by atoms with van der Waals surface area (Å²) < 4.78 is 5.49. The van der Waals surface area contributed by atoms with E-state index in [0.29, 0.717) is 25.9 Å². The van der Waals surface area contributed by atoms with Gasteiger partial charge in [0.2, 0.25) is 5.91 Å². The number of amides is 1. The van der Waals surface area contributed by atoms with Gasteiger partial charge >= 0.3 is 5.97 Å². The second-order valence-corrected chi connectivity index (χ2v) is 26.7. The Labute approximate surface area is 520 Å². The van der Waals surface area contributed by atoms with E-state index in [9.17, 15) is 19.8 Å². The predicted molar refractivity (Wildman–Crippen MR) is 366 cm³/mol. The smallest absolute Gasteiger partial charge is 0.305 e. The van der Waals surface area contributed by atoms with Gasteiger partial charge in [-0.05, 0) is 51.4 Å². The van der Waals surface area contributed by atoms with E-state index in [1.165, 1.54) is 366 Å². The van der Waals surface area contributed by atoms with E-state index in [1.54, 1.807) is 0 Å². The molecule has 0 aromatic heterocycles. The van der Waals surface area contributed by atoms with Gasteiger partial charge < -0.3 is 20.3 Å². The number of carbonyl (C=O) groups excluding carboxylic acids is 2. The van der Waals surface area contributed by atoms with Gasteiger partial charge in [0.1, 0.15) is 0 Å². The Morgan fingerprint density at radius 1 is 0.325 bits per heavy atom. The van der Waals surface area contributed by atoms with E-state index >= 15 is 0 Å². The summed E-state index contributed by atoms with van der Waals surface area (Å²) in [7, 11) is 0. The summed E-state index contributed by atoms with van der Waals surface area (Å²) in [5.74, 6) is -0.0133. The molecule has 0 bridgehead atoms. The van der Waals surface area contributed by atoms with Crippen molar-refractivity contribution in [1.82, 2.24) is 5.32 Å². The van der Waals surface area contributed by atoms with Crippen molar-refractivity contribution in [3.63, 3.8) is 0 Å². The number of ether oxygens (including phenoxy) is 1. The van der Waals surface area contributed by atoms with Gasteiger partial charge in [0.05, 0.1) is 25.4 Å². The molecule has 0 spiro atoms. The van der Waals surface area contributed by atoms with Gasteiger partial charge in [-0.25, -0.2) is 0 Å². The van der Waals surface area contributed by atoms with Gasteiger partial charge in [0.15, 0.2) is 0 Å². The third kappa shape index (κ3) is 69.6. The standard InChI is InChI=1S/C77H151NO5/c1-3-5-7-9-11-13-15-17-18-19-20-21-30-33-36-39-42-46-49-53-57-61-65-69-75(80)74(73-79)78-76(81)70-66-62-58-54-50-47-43-40-37-34-31-28-26-24-22-23-25-27-29-32-35-38-41-44-48-52-56-60-64-68-72-83-77(82)71-67-63-59-55-51-45-16-14-12-10-8-6-4-2/h14,16,74-75,79-80H,3-13,15,17-73H2,1-2H3,(H,78,81)/b16-14-. The second-order valence-electron chi connectivity index (χ2n) is 26.7. The van der Waals surface area contributed by atoms with Crippen molar-refractivity contribution in [1.29, 1.82) is 0 Å². The first-order valence-corrected chi connectivity index (χ1v) is 38.4. The van der Waals surface area contributed by atoms with Gasteiger partial charge in [-0.3, -0.25) is 9.59 Å². The zero-order chi connectivity index (χ0) is 59.9. The minimum Gasteiger partial charge on any atom is -0.466 e. The molecular weight excluding hydrogens is 1020 g/mol. The highest BCUT2D eigenvalue weighted by Crippen LogP contribution is 2.20. The number of hydrogen-bond donors (Lipinski definition) is 3. The highest BCUT2D eigenvalue weighted by Gasteiger charge is 2.20. The fourth-order valence-corrected chi connectivity index (χ4v) is 12.5. The molecule has 0 aromatic carbocycles. The van der Waals surface area contributed by atoms with E-state index < -0.39 is 12.1 Å². The fraction of sp³-hybridized carbons (Fsp3) is 0.948. The maximum absolute atomic E-state index is 12.6.